The Morgan fingerprint density at radius 1 is 1.15 bits per heavy atom. The molecular formula is C24H24F2N4O2S. The van der Waals surface area contributed by atoms with E-state index in [-0.39, 0.29) is 4.90 Å². The van der Waals surface area contributed by atoms with Crippen molar-refractivity contribution in [1.82, 2.24) is 14.3 Å². The van der Waals surface area contributed by atoms with E-state index in [1.165, 1.54) is 30.7 Å². The highest BCUT2D eigenvalue weighted by Gasteiger charge is 2.29. The second-order valence-electron chi connectivity index (χ2n) is 8.95. The summed E-state index contributed by atoms with van der Waals surface area (Å²) in [5.41, 5.74) is 3.97. The van der Waals surface area contributed by atoms with Gasteiger partial charge in [-0.05, 0) is 61.3 Å². The Balaban J connectivity index is 1.58. The summed E-state index contributed by atoms with van der Waals surface area (Å²) in [7, 11) is -4.11. The molecule has 0 saturated heterocycles. The standard InChI is InChI=1S/C24H24F2N4O2S/c25-10-18(11-26)29-33(31,32)19-6-8-22(28-13-19)24-21(12-27)20-7-5-17(16-3-4-16)9-23(20)30(24)14-15-1-2-15/h5-9,13,15-16,18,29H,1-4,10-11,14H2. The summed E-state index contributed by atoms with van der Waals surface area (Å²) in [6.45, 7) is -1.51. The number of hydrogen-bond acceptors (Lipinski definition) is 4. The van der Waals surface area contributed by atoms with Gasteiger partial charge in [-0.15, -0.1) is 0 Å². The molecule has 2 aromatic heterocycles. The van der Waals surface area contributed by atoms with Crippen LogP contribution in [0, 0.1) is 17.2 Å². The third kappa shape index (κ3) is 4.25. The Labute approximate surface area is 191 Å². The Hall–Kier alpha value is -2.83. The number of nitriles is 1. The zero-order chi connectivity index (χ0) is 23.2. The number of rotatable bonds is 9. The van der Waals surface area contributed by atoms with Gasteiger partial charge in [-0.25, -0.2) is 21.9 Å². The first-order valence-corrected chi connectivity index (χ1v) is 12.6. The van der Waals surface area contributed by atoms with Crippen molar-refractivity contribution in [3.63, 3.8) is 0 Å². The SMILES string of the molecule is N#Cc1c(-c2ccc(S(=O)(=O)NC(CF)CF)cn2)n(CC2CC2)c2cc(C3CC3)ccc12. The van der Waals surface area contributed by atoms with Crippen LogP contribution in [-0.4, -0.2) is 37.4 Å². The highest BCUT2D eigenvalue weighted by atomic mass is 32.2. The van der Waals surface area contributed by atoms with Crippen molar-refractivity contribution in [2.45, 2.75) is 49.1 Å². The van der Waals surface area contributed by atoms with Crippen LogP contribution in [-0.2, 0) is 16.6 Å². The summed E-state index contributed by atoms with van der Waals surface area (Å²) in [4.78, 5) is 4.17. The molecule has 2 fully saturated rings. The van der Waals surface area contributed by atoms with Gasteiger partial charge in [-0.3, -0.25) is 4.98 Å². The van der Waals surface area contributed by atoms with Crippen molar-refractivity contribution >= 4 is 20.9 Å². The molecule has 0 aliphatic heterocycles. The van der Waals surface area contributed by atoms with Crippen LogP contribution >= 0.6 is 0 Å². The largest absolute Gasteiger partial charge is 0.338 e. The van der Waals surface area contributed by atoms with Crippen LogP contribution in [0.2, 0.25) is 0 Å². The van der Waals surface area contributed by atoms with Crippen LogP contribution in [0.1, 0.15) is 42.7 Å². The van der Waals surface area contributed by atoms with E-state index in [0.29, 0.717) is 28.8 Å². The maximum absolute atomic E-state index is 12.8. The number of sulfonamides is 1. The van der Waals surface area contributed by atoms with Gasteiger partial charge >= 0.3 is 0 Å². The van der Waals surface area contributed by atoms with Gasteiger partial charge in [0.2, 0.25) is 10.0 Å². The van der Waals surface area contributed by atoms with Crippen LogP contribution in [0.3, 0.4) is 0 Å². The minimum Gasteiger partial charge on any atom is -0.338 e. The number of alkyl halides is 2. The average molecular weight is 471 g/mol. The molecule has 0 spiro atoms. The Morgan fingerprint density at radius 3 is 2.48 bits per heavy atom. The normalized spacial score (nSPS) is 16.4. The Morgan fingerprint density at radius 2 is 1.91 bits per heavy atom. The van der Waals surface area contributed by atoms with E-state index >= 15 is 0 Å². The summed E-state index contributed by atoms with van der Waals surface area (Å²) in [6, 6.07) is 10.1. The summed E-state index contributed by atoms with van der Waals surface area (Å²) in [6.07, 6.45) is 5.82. The van der Waals surface area contributed by atoms with Gasteiger partial charge in [0.1, 0.15) is 24.3 Å². The van der Waals surface area contributed by atoms with Crippen molar-refractivity contribution < 1.29 is 17.2 Å². The van der Waals surface area contributed by atoms with Gasteiger partial charge in [0.05, 0.1) is 28.5 Å². The van der Waals surface area contributed by atoms with Crippen LogP contribution < -0.4 is 4.72 Å². The van der Waals surface area contributed by atoms with E-state index in [1.807, 2.05) is 10.8 Å². The molecule has 0 radical (unpaired) electrons. The lowest BCUT2D eigenvalue weighted by Gasteiger charge is -2.13. The first-order valence-electron chi connectivity index (χ1n) is 11.1. The highest BCUT2D eigenvalue weighted by Crippen LogP contribution is 2.43. The molecule has 0 unspecified atom stereocenters. The van der Waals surface area contributed by atoms with E-state index < -0.39 is 29.4 Å². The van der Waals surface area contributed by atoms with E-state index in [1.54, 1.807) is 6.07 Å². The molecule has 2 saturated carbocycles. The van der Waals surface area contributed by atoms with Crippen molar-refractivity contribution in [1.29, 1.82) is 5.26 Å². The minimum atomic E-state index is -4.11. The quantitative estimate of drug-likeness (QED) is 0.501. The Bertz CT molecular complexity index is 1330. The third-order valence-corrected chi connectivity index (χ3v) is 7.88. The van der Waals surface area contributed by atoms with Gasteiger partial charge < -0.3 is 4.57 Å². The fourth-order valence-electron chi connectivity index (χ4n) is 4.24. The zero-order valence-corrected chi connectivity index (χ0v) is 18.8. The van der Waals surface area contributed by atoms with E-state index in [2.05, 4.69) is 27.8 Å². The lowest BCUT2D eigenvalue weighted by atomic mass is 10.1. The molecule has 6 nitrogen and oxygen atoms in total. The highest BCUT2D eigenvalue weighted by molar-refractivity contribution is 7.89. The number of aromatic nitrogens is 2. The smallest absolute Gasteiger partial charge is 0.242 e. The maximum atomic E-state index is 12.8. The molecule has 2 aliphatic carbocycles. The predicted octanol–water partition coefficient (Wildman–Crippen LogP) is 4.45. The zero-order valence-electron chi connectivity index (χ0n) is 18.0. The number of hydrogen-bond donors (Lipinski definition) is 1. The van der Waals surface area contributed by atoms with E-state index in [9.17, 15) is 22.5 Å². The van der Waals surface area contributed by atoms with Crippen LogP contribution in [0.15, 0.2) is 41.4 Å². The van der Waals surface area contributed by atoms with Crippen LogP contribution in [0.5, 0.6) is 0 Å². The summed E-state index contributed by atoms with van der Waals surface area (Å²) >= 11 is 0. The topological polar surface area (TPSA) is 87.8 Å². The van der Waals surface area contributed by atoms with Gasteiger partial charge in [0, 0.05) is 18.1 Å². The second kappa shape index (κ2) is 8.50. The first kappa shape index (κ1) is 22.0. The van der Waals surface area contributed by atoms with Gasteiger partial charge in [0.25, 0.3) is 0 Å². The lowest BCUT2D eigenvalue weighted by molar-refractivity contribution is 0.334. The molecular weight excluding hydrogens is 446 g/mol. The third-order valence-electron chi connectivity index (χ3n) is 6.37. The summed E-state index contributed by atoms with van der Waals surface area (Å²) in [5, 5.41) is 10.9. The summed E-state index contributed by atoms with van der Waals surface area (Å²) < 4.78 is 54.7. The molecule has 9 heteroatoms. The van der Waals surface area contributed by atoms with Gasteiger partial charge in [-0.2, -0.15) is 5.26 Å². The number of fused-ring (bicyclic) bond motifs is 1. The monoisotopic (exact) mass is 470 g/mol. The number of benzene rings is 1. The van der Waals surface area contributed by atoms with Crippen LogP contribution in [0.4, 0.5) is 8.78 Å². The van der Waals surface area contributed by atoms with Crippen molar-refractivity contribution in [3.05, 3.63) is 47.7 Å². The molecule has 0 bridgehead atoms. The molecule has 2 aliphatic rings. The molecule has 0 amide bonds. The molecule has 172 valence electrons. The molecule has 1 N–H and O–H groups in total. The maximum Gasteiger partial charge on any atom is 0.242 e. The van der Waals surface area contributed by atoms with Crippen molar-refractivity contribution in [3.8, 4) is 17.5 Å². The minimum absolute atomic E-state index is 0.183. The number of pyridine rings is 1. The van der Waals surface area contributed by atoms with Crippen molar-refractivity contribution in [2.75, 3.05) is 13.3 Å². The molecule has 33 heavy (non-hydrogen) atoms. The lowest BCUT2D eigenvalue weighted by Crippen LogP contribution is -2.37. The van der Waals surface area contributed by atoms with Gasteiger partial charge in [-0.1, -0.05) is 12.1 Å². The number of halogens is 2. The fraction of sp³-hybridized carbons (Fsp3) is 0.417. The molecule has 5 rings (SSSR count). The van der Waals surface area contributed by atoms with E-state index in [0.717, 1.165) is 30.3 Å². The van der Waals surface area contributed by atoms with E-state index in [4.69, 9.17) is 0 Å². The van der Waals surface area contributed by atoms with Crippen molar-refractivity contribution in [2.24, 2.45) is 5.92 Å². The molecule has 0 atom stereocenters. The molecule has 2 heterocycles. The molecule has 3 aromatic rings. The van der Waals surface area contributed by atoms with Crippen LogP contribution in [0.25, 0.3) is 22.3 Å². The molecule has 1 aromatic carbocycles. The van der Waals surface area contributed by atoms with Gasteiger partial charge in [0.15, 0.2) is 0 Å². The second-order valence-corrected chi connectivity index (χ2v) is 10.7. The summed E-state index contributed by atoms with van der Waals surface area (Å²) in [5.74, 6) is 1.14. The number of nitrogens with zero attached hydrogens (tertiary/aromatic N) is 3. The first-order chi connectivity index (χ1) is 15.9. The fourth-order valence-corrected chi connectivity index (χ4v) is 5.38. The number of nitrogens with one attached hydrogen (secondary N) is 1. The Kier molecular flexibility index (Phi) is 5.67. The predicted molar refractivity (Wildman–Crippen MR) is 121 cm³/mol. The average Bonchev–Trinajstić information content (AvgIpc) is 3.75.